The van der Waals surface area contributed by atoms with E-state index >= 15 is 0 Å². The molecule has 3 amide bonds. The Balaban J connectivity index is 2.34. The number of sulfonamides is 1. The van der Waals surface area contributed by atoms with Crippen molar-refractivity contribution in [3.05, 3.63) is 41.7 Å². The molecule has 0 radical (unpaired) electrons. The van der Waals surface area contributed by atoms with Gasteiger partial charge in [0.15, 0.2) is 0 Å². The van der Waals surface area contributed by atoms with E-state index < -0.39 is 32.8 Å². The quantitative estimate of drug-likeness (QED) is 0.446. The van der Waals surface area contributed by atoms with E-state index in [9.17, 15) is 22.8 Å². The molecule has 0 fully saturated rings. The van der Waals surface area contributed by atoms with Crippen LogP contribution in [0.4, 0.5) is 16.4 Å². The number of hydrogen-bond donors (Lipinski definition) is 3. The third kappa shape index (κ3) is 5.86. The number of urea groups is 1. The van der Waals surface area contributed by atoms with Crippen molar-refractivity contribution in [2.45, 2.75) is 11.8 Å². The fraction of sp³-hybridized carbons (Fsp3) is 0.188. The molecule has 0 unspecified atom stereocenters. The Hall–Kier alpha value is -3.25. The molecule has 29 heavy (non-hydrogen) atoms. The highest BCUT2D eigenvalue weighted by Crippen LogP contribution is 2.22. The molecule has 0 saturated heterocycles. The molecule has 1 aromatic heterocycles. The van der Waals surface area contributed by atoms with E-state index in [1.54, 1.807) is 17.7 Å². The van der Waals surface area contributed by atoms with Crippen molar-refractivity contribution >= 4 is 51.2 Å². The first-order chi connectivity index (χ1) is 13.7. The Kier molecular flexibility index (Phi) is 7.07. The minimum Gasteiger partial charge on any atom is -0.465 e. The summed E-state index contributed by atoms with van der Waals surface area (Å²) < 4.78 is 31.7. The second-order valence-corrected chi connectivity index (χ2v) is 7.38. The number of halogens is 1. The zero-order valence-electron chi connectivity index (χ0n) is 15.2. The Bertz CT molecular complexity index is 1060. The van der Waals surface area contributed by atoms with Gasteiger partial charge in [0.2, 0.25) is 11.9 Å². The molecule has 1 heterocycles. The number of nitrogens with zero attached hydrogens (tertiary/aromatic N) is 2. The highest BCUT2D eigenvalue weighted by Gasteiger charge is 2.26. The number of anilines is 2. The third-order valence-corrected chi connectivity index (χ3v) is 4.94. The molecule has 3 N–H and O–H groups in total. The molecule has 0 aliphatic rings. The summed E-state index contributed by atoms with van der Waals surface area (Å²) >= 11 is 5.41. The summed E-state index contributed by atoms with van der Waals surface area (Å²) in [6.45, 7) is 1.66. The first-order valence-electron chi connectivity index (χ1n) is 7.88. The second-order valence-electron chi connectivity index (χ2n) is 5.47. The fourth-order valence-electron chi connectivity index (χ4n) is 2.11. The van der Waals surface area contributed by atoms with E-state index in [-0.39, 0.29) is 23.1 Å². The average Bonchev–Trinajstić information content (AvgIpc) is 2.66. The van der Waals surface area contributed by atoms with Gasteiger partial charge in [-0.2, -0.15) is 0 Å². The highest BCUT2D eigenvalue weighted by atomic mass is 35.5. The largest absolute Gasteiger partial charge is 0.465 e. The first-order valence-corrected chi connectivity index (χ1v) is 9.89. The van der Waals surface area contributed by atoms with E-state index in [0.717, 1.165) is 19.2 Å². The van der Waals surface area contributed by atoms with Crippen molar-refractivity contribution in [2.75, 3.05) is 23.6 Å². The van der Waals surface area contributed by atoms with Gasteiger partial charge in [-0.15, -0.1) is 11.6 Å². The summed E-state index contributed by atoms with van der Waals surface area (Å²) in [5, 5.41) is 4.52. The van der Waals surface area contributed by atoms with E-state index in [1.807, 2.05) is 0 Å². The number of esters is 1. The number of carbonyl (C=O) groups excluding carboxylic acids is 3. The number of aromatic nitrogens is 2. The van der Waals surface area contributed by atoms with Gasteiger partial charge in [-0.25, -0.2) is 32.7 Å². The normalized spacial score (nSPS) is 10.7. The van der Waals surface area contributed by atoms with E-state index in [4.69, 9.17) is 11.6 Å². The Morgan fingerprint density at radius 3 is 2.52 bits per heavy atom. The second kappa shape index (κ2) is 9.30. The van der Waals surface area contributed by atoms with Gasteiger partial charge in [-0.1, -0.05) is 0 Å². The fourth-order valence-corrected chi connectivity index (χ4v) is 3.30. The Labute approximate surface area is 170 Å². The molecule has 11 nitrogen and oxygen atoms in total. The lowest BCUT2D eigenvalue weighted by atomic mass is 10.2. The number of nitrogens with one attached hydrogen (secondary N) is 3. The number of benzene rings is 1. The third-order valence-electron chi connectivity index (χ3n) is 3.33. The van der Waals surface area contributed by atoms with Gasteiger partial charge in [0.25, 0.3) is 10.0 Å². The minimum absolute atomic E-state index is 0.0473. The monoisotopic (exact) mass is 441 g/mol. The molecular formula is C16H16ClN5O6S. The van der Waals surface area contributed by atoms with Gasteiger partial charge in [0, 0.05) is 17.6 Å². The Morgan fingerprint density at radius 2 is 1.90 bits per heavy atom. The SMILES string of the molecule is COC(=O)c1ccc(NC(=O)CCl)cc1S(=O)(=O)NC(=O)Nc1nccc(C)n1. The van der Waals surface area contributed by atoms with Crippen LogP contribution in [0.1, 0.15) is 16.1 Å². The minimum atomic E-state index is -4.54. The van der Waals surface area contributed by atoms with Crippen LogP contribution in [0.3, 0.4) is 0 Å². The number of methoxy groups -OCH3 is 1. The molecule has 154 valence electrons. The number of rotatable bonds is 6. The van der Waals surface area contributed by atoms with Crippen LogP contribution in [0.2, 0.25) is 0 Å². The number of carbonyl (C=O) groups is 3. The molecule has 0 aliphatic heterocycles. The molecular weight excluding hydrogens is 426 g/mol. The average molecular weight is 442 g/mol. The summed E-state index contributed by atoms with van der Waals surface area (Å²) in [5.41, 5.74) is 0.253. The molecule has 1 aromatic carbocycles. The van der Waals surface area contributed by atoms with Crippen LogP contribution in [-0.4, -0.2) is 49.3 Å². The number of alkyl halides is 1. The maximum atomic E-state index is 12.7. The summed E-state index contributed by atoms with van der Waals surface area (Å²) in [5.74, 6) is -2.03. The molecule has 2 rings (SSSR count). The van der Waals surface area contributed by atoms with Crippen molar-refractivity contribution < 1.29 is 27.5 Å². The van der Waals surface area contributed by atoms with E-state index in [1.165, 1.54) is 12.3 Å². The number of aryl methyl sites for hydroxylation is 1. The van der Waals surface area contributed by atoms with Crippen molar-refractivity contribution in [1.29, 1.82) is 0 Å². The number of amides is 3. The lowest BCUT2D eigenvalue weighted by molar-refractivity contribution is -0.113. The zero-order valence-corrected chi connectivity index (χ0v) is 16.8. The molecule has 0 bridgehead atoms. The molecule has 0 spiro atoms. The van der Waals surface area contributed by atoms with Gasteiger partial charge in [-0.3, -0.25) is 10.1 Å². The Morgan fingerprint density at radius 1 is 1.17 bits per heavy atom. The van der Waals surface area contributed by atoms with Crippen molar-refractivity contribution in [2.24, 2.45) is 0 Å². The maximum absolute atomic E-state index is 12.7. The van der Waals surface area contributed by atoms with E-state index in [0.29, 0.717) is 5.69 Å². The smallest absolute Gasteiger partial charge is 0.339 e. The van der Waals surface area contributed by atoms with Crippen molar-refractivity contribution in [3.63, 3.8) is 0 Å². The molecule has 0 atom stereocenters. The first kappa shape index (κ1) is 22.0. The summed E-state index contributed by atoms with van der Waals surface area (Å²) in [6, 6.07) is 3.85. The number of hydrogen-bond acceptors (Lipinski definition) is 8. The molecule has 2 aromatic rings. The van der Waals surface area contributed by atoms with Crippen LogP contribution >= 0.6 is 11.6 Å². The van der Waals surface area contributed by atoms with Crippen molar-refractivity contribution in [1.82, 2.24) is 14.7 Å². The summed E-state index contributed by atoms with van der Waals surface area (Å²) in [7, 11) is -3.48. The standard InChI is InChI=1S/C16H16ClN5O6S/c1-9-5-6-18-15(19-9)21-16(25)22-29(26,27)12-7-10(20-13(23)8-17)3-4-11(12)14(24)28-2/h3-7H,8H2,1-2H3,(H,20,23)(H2,18,19,21,22,25). The molecule has 0 saturated carbocycles. The van der Waals surface area contributed by atoms with Crippen LogP contribution in [0, 0.1) is 6.92 Å². The van der Waals surface area contributed by atoms with Crippen molar-refractivity contribution in [3.8, 4) is 0 Å². The van der Waals surface area contributed by atoms with E-state index in [2.05, 4.69) is 25.3 Å². The predicted molar refractivity (Wildman–Crippen MR) is 103 cm³/mol. The van der Waals surface area contributed by atoms with Gasteiger partial charge in [0.1, 0.15) is 10.8 Å². The van der Waals surface area contributed by atoms with Gasteiger partial charge in [-0.05, 0) is 31.2 Å². The van der Waals surface area contributed by atoms with Crippen LogP contribution in [-0.2, 0) is 19.6 Å². The van der Waals surface area contributed by atoms with Gasteiger partial charge >= 0.3 is 12.0 Å². The predicted octanol–water partition coefficient (Wildman–Crippen LogP) is 1.26. The molecule has 0 aliphatic carbocycles. The topological polar surface area (TPSA) is 156 Å². The summed E-state index contributed by atoms with van der Waals surface area (Å²) in [4.78, 5) is 42.6. The lowest BCUT2D eigenvalue weighted by Crippen LogP contribution is -2.35. The highest BCUT2D eigenvalue weighted by molar-refractivity contribution is 7.90. The van der Waals surface area contributed by atoms with Gasteiger partial charge < -0.3 is 10.1 Å². The lowest BCUT2D eigenvalue weighted by Gasteiger charge is -2.13. The van der Waals surface area contributed by atoms with Crippen LogP contribution in [0.25, 0.3) is 0 Å². The number of ether oxygens (including phenoxy) is 1. The summed E-state index contributed by atoms with van der Waals surface area (Å²) in [6.07, 6.45) is 1.38. The molecule has 13 heteroatoms. The van der Waals surface area contributed by atoms with Crippen LogP contribution < -0.4 is 15.4 Å². The van der Waals surface area contributed by atoms with Crippen LogP contribution in [0.15, 0.2) is 35.4 Å². The maximum Gasteiger partial charge on any atom is 0.339 e. The zero-order chi connectivity index (χ0) is 21.6. The van der Waals surface area contributed by atoms with Gasteiger partial charge in [0.05, 0.1) is 12.7 Å². The van der Waals surface area contributed by atoms with Crippen LogP contribution in [0.5, 0.6) is 0 Å².